The number of hydrogen-bond acceptors (Lipinski definition) is 1. The Kier molecular flexibility index (Phi) is 1.96. The third kappa shape index (κ3) is 1.27. The standard InChI is InChI=1S/C17H28O/c1-4-13-8-17(13,18)16-7-12-5-14(2,10-16)9-15(3,6-12)11-16/h12-13,18H,4-11H2,1-3H3. The fraction of sp³-hybridized carbons (Fsp3) is 1.00. The van der Waals surface area contributed by atoms with Crippen LogP contribution in [0.2, 0.25) is 0 Å². The van der Waals surface area contributed by atoms with Gasteiger partial charge in [0, 0.05) is 5.41 Å². The van der Waals surface area contributed by atoms with Gasteiger partial charge in [0.1, 0.15) is 0 Å². The van der Waals surface area contributed by atoms with Crippen molar-refractivity contribution in [2.24, 2.45) is 28.1 Å². The first-order valence-electron chi connectivity index (χ1n) is 8.05. The SMILES string of the molecule is CCC1CC1(O)C12CC3CC(C)(CC(C)(C3)C1)C2. The molecule has 5 aliphatic carbocycles. The topological polar surface area (TPSA) is 20.2 Å². The molecule has 0 aliphatic heterocycles. The highest BCUT2D eigenvalue weighted by Crippen LogP contribution is 2.76. The normalized spacial score (nSPS) is 65.3. The highest BCUT2D eigenvalue weighted by molar-refractivity contribution is 5.22. The molecule has 0 aromatic heterocycles. The molecule has 5 aliphatic rings. The van der Waals surface area contributed by atoms with Gasteiger partial charge in [-0.15, -0.1) is 0 Å². The first kappa shape index (κ1) is 11.8. The molecule has 0 aromatic carbocycles. The molecule has 0 aromatic rings. The Hall–Kier alpha value is -0.0400. The summed E-state index contributed by atoms with van der Waals surface area (Å²) >= 11 is 0. The van der Waals surface area contributed by atoms with Gasteiger partial charge in [-0.2, -0.15) is 0 Å². The molecule has 4 bridgehead atoms. The average Bonchev–Trinajstić information content (AvgIpc) is 2.86. The highest BCUT2D eigenvalue weighted by Gasteiger charge is 2.72. The van der Waals surface area contributed by atoms with Crippen LogP contribution in [-0.4, -0.2) is 10.7 Å². The molecule has 18 heavy (non-hydrogen) atoms. The average molecular weight is 248 g/mol. The van der Waals surface area contributed by atoms with Gasteiger partial charge in [0.2, 0.25) is 0 Å². The summed E-state index contributed by atoms with van der Waals surface area (Å²) in [5.41, 5.74) is 1.12. The van der Waals surface area contributed by atoms with Crippen LogP contribution in [-0.2, 0) is 0 Å². The maximum atomic E-state index is 11.2. The Labute approximate surface area is 111 Å². The van der Waals surface area contributed by atoms with E-state index in [-0.39, 0.29) is 5.60 Å². The first-order valence-corrected chi connectivity index (χ1v) is 8.05. The molecule has 5 rings (SSSR count). The van der Waals surface area contributed by atoms with Gasteiger partial charge >= 0.3 is 0 Å². The zero-order chi connectivity index (χ0) is 12.8. The van der Waals surface area contributed by atoms with Crippen LogP contribution in [0.5, 0.6) is 0 Å². The van der Waals surface area contributed by atoms with Crippen LogP contribution in [0.1, 0.15) is 72.1 Å². The fourth-order valence-electron chi connectivity index (χ4n) is 7.38. The minimum absolute atomic E-state index is 0.274. The Balaban J connectivity index is 1.74. The van der Waals surface area contributed by atoms with Crippen molar-refractivity contribution in [1.82, 2.24) is 0 Å². The van der Waals surface area contributed by atoms with Gasteiger partial charge in [-0.3, -0.25) is 0 Å². The molecule has 0 radical (unpaired) electrons. The van der Waals surface area contributed by atoms with Crippen molar-refractivity contribution >= 4 is 0 Å². The Morgan fingerprint density at radius 3 is 2.00 bits per heavy atom. The summed E-state index contributed by atoms with van der Waals surface area (Å²) in [6, 6.07) is 0. The molecule has 102 valence electrons. The molecular weight excluding hydrogens is 220 g/mol. The lowest BCUT2D eigenvalue weighted by Gasteiger charge is -2.67. The van der Waals surface area contributed by atoms with Crippen molar-refractivity contribution in [2.75, 3.05) is 0 Å². The van der Waals surface area contributed by atoms with E-state index in [9.17, 15) is 5.11 Å². The molecule has 0 spiro atoms. The second-order valence-electron chi connectivity index (χ2n) is 9.14. The summed E-state index contributed by atoms with van der Waals surface area (Å²) < 4.78 is 0. The lowest BCUT2D eigenvalue weighted by atomic mass is 9.38. The van der Waals surface area contributed by atoms with E-state index in [1.165, 1.54) is 44.9 Å². The maximum absolute atomic E-state index is 11.2. The van der Waals surface area contributed by atoms with Crippen LogP contribution >= 0.6 is 0 Å². The van der Waals surface area contributed by atoms with E-state index in [4.69, 9.17) is 0 Å². The van der Waals surface area contributed by atoms with Crippen LogP contribution in [0, 0.1) is 28.1 Å². The van der Waals surface area contributed by atoms with E-state index in [1.807, 2.05) is 0 Å². The van der Waals surface area contributed by atoms with Crippen molar-refractivity contribution in [3.05, 3.63) is 0 Å². The Morgan fingerprint density at radius 2 is 1.56 bits per heavy atom. The van der Waals surface area contributed by atoms with Gasteiger partial charge in [0.15, 0.2) is 0 Å². The van der Waals surface area contributed by atoms with Crippen molar-refractivity contribution < 1.29 is 5.11 Å². The largest absolute Gasteiger partial charge is 0.389 e. The van der Waals surface area contributed by atoms with Crippen molar-refractivity contribution in [3.63, 3.8) is 0 Å². The van der Waals surface area contributed by atoms with Crippen LogP contribution in [0.15, 0.2) is 0 Å². The molecule has 1 N–H and O–H groups in total. The summed E-state index contributed by atoms with van der Waals surface area (Å²) in [6.45, 7) is 7.28. The zero-order valence-electron chi connectivity index (χ0n) is 12.3. The smallest absolute Gasteiger partial charge is 0.0736 e. The van der Waals surface area contributed by atoms with Crippen LogP contribution < -0.4 is 0 Å². The number of aliphatic hydroxyl groups is 1. The molecule has 5 fully saturated rings. The molecule has 0 heterocycles. The highest BCUT2D eigenvalue weighted by atomic mass is 16.3. The van der Waals surface area contributed by atoms with Crippen LogP contribution in [0.4, 0.5) is 0 Å². The number of rotatable bonds is 2. The molecule has 4 atom stereocenters. The van der Waals surface area contributed by atoms with E-state index in [1.54, 1.807) is 0 Å². The summed E-state index contributed by atoms with van der Waals surface area (Å²) in [6.07, 6.45) is 10.6. The molecule has 4 unspecified atom stereocenters. The van der Waals surface area contributed by atoms with Crippen LogP contribution in [0.3, 0.4) is 0 Å². The van der Waals surface area contributed by atoms with Gasteiger partial charge < -0.3 is 5.11 Å². The van der Waals surface area contributed by atoms with Crippen molar-refractivity contribution in [2.45, 2.75) is 77.7 Å². The van der Waals surface area contributed by atoms with E-state index >= 15 is 0 Å². The van der Waals surface area contributed by atoms with Crippen molar-refractivity contribution in [3.8, 4) is 0 Å². The Bertz CT molecular complexity index is 382. The van der Waals surface area contributed by atoms with Crippen LogP contribution in [0.25, 0.3) is 0 Å². The zero-order valence-corrected chi connectivity index (χ0v) is 12.3. The summed E-state index contributed by atoms with van der Waals surface area (Å²) in [4.78, 5) is 0. The second-order valence-corrected chi connectivity index (χ2v) is 9.14. The summed E-state index contributed by atoms with van der Waals surface area (Å²) in [5.74, 6) is 1.53. The van der Waals surface area contributed by atoms with E-state index in [0.717, 1.165) is 12.3 Å². The third-order valence-electron chi connectivity index (χ3n) is 7.11. The monoisotopic (exact) mass is 248 g/mol. The van der Waals surface area contributed by atoms with Gasteiger partial charge in [-0.1, -0.05) is 27.2 Å². The van der Waals surface area contributed by atoms with Gasteiger partial charge in [0.05, 0.1) is 5.60 Å². The molecule has 1 heteroatoms. The predicted molar refractivity (Wildman–Crippen MR) is 73.2 cm³/mol. The van der Waals surface area contributed by atoms with E-state index in [2.05, 4.69) is 20.8 Å². The fourth-order valence-corrected chi connectivity index (χ4v) is 7.38. The lowest BCUT2D eigenvalue weighted by molar-refractivity contribution is -0.198. The van der Waals surface area contributed by atoms with Gasteiger partial charge in [0.25, 0.3) is 0 Å². The summed E-state index contributed by atoms with van der Waals surface area (Å²) in [5, 5.41) is 11.2. The van der Waals surface area contributed by atoms with Gasteiger partial charge in [-0.05, 0) is 67.6 Å². The first-order chi connectivity index (χ1) is 8.32. The maximum Gasteiger partial charge on any atom is 0.0736 e. The predicted octanol–water partition coefficient (Wildman–Crippen LogP) is 4.14. The number of hydrogen-bond donors (Lipinski definition) is 1. The minimum Gasteiger partial charge on any atom is -0.389 e. The second kappa shape index (κ2) is 3.00. The minimum atomic E-state index is -0.274. The molecule has 5 saturated carbocycles. The lowest BCUT2D eigenvalue weighted by Crippen LogP contribution is -2.60. The summed E-state index contributed by atoms with van der Waals surface area (Å²) in [7, 11) is 0. The van der Waals surface area contributed by atoms with E-state index < -0.39 is 0 Å². The molecule has 0 amide bonds. The van der Waals surface area contributed by atoms with Crippen molar-refractivity contribution in [1.29, 1.82) is 0 Å². The molecule has 1 nitrogen and oxygen atoms in total. The Morgan fingerprint density at radius 1 is 0.944 bits per heavy atom. The van der Waals surface area contributed by atoms with Gasteiger partial charge in [-0.25, -0.2) is 0 Å². The third-order valence-corrected chi connectivity index (χ3v) is 7.11. The quantitative estimate of drug-likeness (QED) is 0.778. The molecular formula is C17H28O. The van der Waals surface area contributed by atoms with E-state index in [0.29, 0.717) is 22.2 Å². The molecule has 0 saturated heterocycles.